The average Bonchev–Trinajstić information content (AvgIpc) is 1.69. The molecule has 0 atom stereocenters. The van der Waals surface area contributed by atoms with Crippen molar-refractivity contribution in [2.75, 3.05) is 13.6 Å². The number of aliphatic hydroxyl groups is 1. The van der Waals surface area contributed by atoms with E-state index >= 15 is 0 Å². The van der Waals surface area contributed by atoms with E-state index in [9.17, 15) is 0 Å². The van der Waals surface area contributed by atoms with Crippen LogP contribution in [0.2, 0.25) is 0 Å². The van der Waals surface area contributed by atoms with E-state index in [4.69, 9.17) is 5.11 Å². The van der Waals surface area contributed by atoms with E-state index in [1.807, 2.05) is 0 Å². The second-order valence-electron chi connectivity index (χ2n) is 0.853. The number of aliphatic hydroxyl groups excluding tert-OH is 1. The third-order valence-electron chi connectivity index (χ3n) is 0.409. The second kappa shape index (κ2) is 5.88. The SMILES string of the molecule is C[CH]OCOCO. The summed E-state index contributed by atoms with van der Waals surface area (Å²) in [6.07, 6.45) is 0. The van der Waals surface area contributed by atoms with Crippen molar-refractivity contribution in [2.24, 2.45) is 0 Å². The van der Waals surface area contributed by atoms with Gasteiger partial charge in [-0.15, -0.1) is 0 Å². The smallest absolute Gasteiger partial charge is 0.150 e. The zero-order valence-electron chi connectivity index (χ0n) is 4.26. The lowest BCUT2D eigenvalue weighted by Gasteiger charge is -1.96. The number of hydrogen-bond donors (Lipinski definition) is 1. The molecule has 0 fully saturated rings. The van der Waals surface area contributed by atoms with Crippen LogP contribution in [0, 0.1) is 6.61 Å². The van der Waals surface area contributed by atoms with Crippen LogP contribution >= 0.6 is 0 Å². The van der Waals surface area contributed by atoms with E-state index in [0.29, 0.717) is 0 Å². The summed E-state index contributed by atoms with van der Waals surface area (Å²) in [4.78, 5) is 0. The van der Waals surface area contributed by atoms with Gasteiger partial charge in [0.25, 0.3) is 0 Å². The van der Waals surface area contributed by atoms with Crippen LogP contribution in [0.5, 0.6) is 0 Å². The van der Waals surface area contributed by atoms with Gasteiger partial charge < -0.3 is 14.6 Å². The minimum Gasteiger partial charge on any atom is -0.371 e. The summed E-state index contributed by atoms with van der Waals surface area (Å²) in [7, 11) is 0. The van der Waals surface area contributed by atoms with Crippen LogP contribution in [0.1, 0.15) is 6.92 Å². The summed E-state index contributed by atoms with van der Waals surface area (Å²) in [5.41, 5.74) is 0. The predicted molar refractivity (Wildman–Crippen MR) is 24.1 cm³/mol. The first-order valence-corrected chi connectivity index (χ1v) is 2.00. The highest BCUT2D eigenvalue weighted by Gasteiger charge is 1.77. The van der Waals surface area contributed by atoms with Gasteiger partial charge in [0, 0.05) is 0 Å². The molecule has 3 heteroatoms. The third kappa shape index (κ3) is 5.88. The topological polar surface area (TPSA) is 38.7 Å². The normalized spacial score (nSPS) is 9.43. The van der Waals surface area contributed by atoms with Gasteiger partial charge in [-0.2, -0.15) is 0 Å². The molecular weight excluding hydrogens is 96.0 g/mol. The summed E-state index contributed by atoms with van der Waals surface area (Å²) in [6, 6.07) is 0. The van der Waals surface area contributed by atoms with E-state index in [1.165, 1.54) is 6.61 Å². The first-order chi connectivity index (χ1) is 3.41. The van der Waals surface area contributed by atoms with Crippen LogP contribution in [-0.2, 0) is 9.47 Å². The molecule has 0 saturated carbocycles. The minimum atomic E-state index is -0.284. The molecule has 0 rings (SSSR count). The van der Waals surface area contributed by atoms with Crippen LogP contribution < -0.4 is 0 Å². The second-order valence-corrected chi connectivity index (χ2v) is 0.853. The quantitative estimate of drug-likeness (QED) is 0.407. The fourth-order valence-corrected chi connectivity index (χ4v) is 0.153. The molecule has 0 aliphatic carbocycles. The van der Waals surface area contributed by atoms with Gasteiger partial charge in [-0.1, -0.05) is 0 Å². The Hall–Kier alpha value is -0.120. The molecule has 0 aromatic carbocycles. The van der Waals surface area contributed by atoms with Gasteiger partial charge in [0.1, 0.15) is 13.6 Å². The molecule has 1 N–H and O–H groups in total. The van der Waals surface area contributed by atoms with Crippen molar-refractivity contribution in [3.63, 3.8) is 0 Å². The van der Waals surface area contributed by atoms with Crippen LogP contribution in [0.3, 0.4) is 0 Å². The van der Waals surface area contributed by atoms with Crippen molar-refractivity contribution in [1.82, 2.24) is 0 Å². The van der Waals surface area contributed by atoms with Crippen molar-refractivity contribution < 1.29 is 14.6 Å². The lowest BCUT2D eigenvalue weighted by Crippen LogP contribution is -1.96. The molecule has 43 valence electrons. The van der Waals surface area contributed by atoms with E-state index in [1.54, 1.807) is 6.92 Å². The lowest BCUT2D eigenvalue weighted by molar-refractivity contribution is -0.0906. The molecule has 0 amide bonds. The molecule has 0 aliphatic heterocycles. The van der Waals surface area contributed by atoms with Gasteiger partial charge in [0.2, 0.25) is 0 Å². The fourth-order valence-electron chi connectivity index (χ4n) is 0.153. The molecule has 3 nitrogen and oxygen atoms in total. The molecule has 1 radical (unpaired) electrons. The van der Waals surface area contributed by atoms with E-state index in [-0.39, 0.29) is 13.6 Å². The highest BCUT2D eigenvalue weighted by Crippen LogP contribution is 1.77. The molecular formula is C4H9O3. The number of hydrogen-bond acceptors (Lipinski definition) is 3. The van der Waals surface area contributed by atoms with Crippen LogP contribution in [0.25, 0.3) is 0 Å². The zero-order chi connectivity index (χ0) is 5.54. The van der Waals surface area contributed by atoms with Crippen molar-refractivity contribution in [2.45, 2.75) is 6.92 Å². The largest absolute Gasteiger partial charge is 0.371 e. The van der Waals surface area contributed by atoms with Crippen LogP contribution in [-0.4, -0.2) is 18.7 Å². The number of ether oxygens (including phenoxy) is 2. The highest BCUT2D eigenvalue weighted by molar-refractivity contribution is 4.26. The highest BCUT2D eigenvalue weighted by atomic mass is 16.7. The first kappa shape index (κ1) is 6.88. The fraction of sp³-hybridized carbons (Fsp3) is 0.750. The summed E-state index contributed by atoms with van der Waals surface area (Å²) in [6.45, 7) is 3.08. The Morgan fingerprint density at radius 1 is 1.71 bits per heavy atom. The maximum absolute atomic E-state index is 7.98. The Morgan fingerprint density at radius 2 is 2.43 bits per heavy atom. The summed E-state index contributed by atoms with van der Waals surface area (Å²) < 4.78 is 8.94. The van der Waals surface area contributed by atoms with Gasteiger partial charge in [0.05, 0.1) is 6.61 Å². The predicted octanol–water partition coefficient (Wildman–Crippen LogP) is 0.109. The Kier molecular flexibility index (Phi) is 5.78. The molecule has 0 aromatic heterocycles. The maximum Gasteiger partial charge on any atom is 0.150 e. The molecule has 0 spiro atoms. The molecule has 0 aliphatic rings. The Balaban J connectivity index is 2.45. The van der Waals surface area contributed by atoms with E-state index < -0.39 is 0 Å². The van der Waals surface area contributed by atoms with Gasteiger partial charge in [-0.25, -0.2) is 0 Å². The zero-order valence-corrected chi connectivity index (χ0v) is 4.26. The Bertz CT molecular complexity index is 26.1. The maximum atomic E-state index is 7.98. The third-order valence-corrected chi connectivity index (χ3v) is 0.409. The molecule has 0 saturated heterocycles. The molecule has 0 unspecified atom stereocenters. The molecule has 0 aromatic rings. The van der Waals surface area contributed by atoms with Gasteiger partial charge >= 0.3 is 0 Å². The number of rotatable bonds is 4. The standard InChI is InChI=1S/C4H9O3/c1-2-6-4-7-3-5/h2,5H,3-4H2,1H3. The Morgan fingerprint density at radius 3 is 2.86 bits per heavy atom. The first-order valence-electron chi connectivity index (χ1n) is 2.00. The summed E-state index contributed by atoms with van der Waals surface area (Å²) in [5.74, 6) is 0. The summed E-state index contributed by atoms with van der Waals surface area (Å²) in [5, 5.41) is 7.98. The monoisotopic (exact) mass is 105 g/mol. The van der Waals surface area contributed by atoms with Crippen LogP contribution in [0.4, 0.5) is 0 Å². The molecule has 0 bridgehead atoms. The van der Waals surface area contributed by atoms with Crippen LogP contribution in [0.15, 0.2) is 0 Å². The van der Waals surface area contributed by atoms with Gasteiger partial charge in [-0.05, 0) is 6.92 Å². The van der Waals surface area contributed by atoms with Gasteiger partial charge in [0.15, 0.2) is 0 Å². The van der Waals surface area contributed by atoms with Crippen molar-refractivity contribution in [3.8, 4) is 0 Å². The average molecular weight is 105 g/mol. The van der Waals surface area contributed by atoms with E-state index in [2.05, 4.69) is 9.47 Å². The molecule has 0 heterocycles. The minimum absolute atomic E-state index is 0.132. The Labute approximate surface area is 42.9 Å². The van der Waals surface area contributed by atoms with Crippen molar-refractivity contribution in [1.29, 1.82) is 0 Å². The van der Waals surface area contributed by atoms with Crippen molar-refractivity contribution >= 4 is 0 Å². The van der Waals surface area contributed by atoms with E-state index in [0.717, 1.165) is 0 Å². The summed E-state index contributed by atoms with van der Waals surface area (Å²) >= 11 is 0. The van der Waals surface area contributed by atoms with Crippen molar-refractivity contribution in [3.05, 3.63) is 6.61 Å². The lowest BCUT2D eigenvalue weighted by atomic mass is 10.9. The van der Waals surface area contributed by atoms with Gasteiger partial charge in [-0.3, -0.25) is 0 Å². The molecule has 7 heavy (non-hydrogen) atoms.